The molecule has 0 aromatic heterocycles. The maximum Gasteiger partial charge on any atom is 0.132 e. The molecule has 0 aliphatic heterocycles. The first-order chi connectivity index (χ1) is 9.85. The standard InChI is InChI=1S/C18H27F2N/c1-5-21-11-13-8-9-18(3,4)10-14(13)16-15(19)7-6-12(2)17(16)20/h6-7,13-14,21H,5,8-11H2,1-4H3. The molecule has 2 atom stereocenters. The molecule has 21 heavy (non-hydrogen) atoms. The lowest BCUT2D eigenvalue weighted by molar-refractivity contribution is 0.155. The van der Waals surface area contributed by atoms with E-state index in [1.165, 1.54) is 12.1 Å². The fraction of sp³-hybridized carbons (Fsp3) is 0.667. The summed E-state index contributed by atoms with van der Waals surface area (Å²) < 4.78 is 28.8. The molecular weight excluding hydrogens is 268 g/mol. The highest BCUT2D eigenvalue weighted by Gasteiger charge is 2.38. The van der Waals surface area contributed by atoms with Crippen molar-refractivity contribution in [1.29, 1.82) is 0 Å². The van der Waals surface area contributed by atoms with E-state index >= 15 is 0 Å². The maximum absolute atomic E-state index is 14.5. The van der Waals surface area contributed by atoms with E-state index in [0.717, 1.165) is 32.4 Å². The number of benzene rings is 1. The van der Waals surface area contributed by atoms with Crippen LogP contribution >= 0.6 is 0 Å². The summed E-state index contributed by atoms with van der Waals surface area (Å²) in [6.07, 6.45) is 2.99. The van der Waals surface area contributed by atoms with Crippen molar-refractivity contribution in [3.8, 4) is 0 Å². The number of nitrogens with one attached hydrogen (secondary N) is 1. The van der Waals surface area contributed by atoms with Crippen LogP contribution in [0, 0.1) is 29.9 Å². The minimum absolute atomic E-state index is 0.0345. The van der Waals surface area contributed by atoms with E-state index in [2.05, 4.69) is 26.1 Å². The number of hydrogen-bond acceptors (Lipinski definition) is 1. The summed E-state index contributed by atoms with van der Waals surface area (Å²) in [5.74, 6) is -0.460. The smallest absolute Gasteiger partial charge is 0.132 e. The molecular formula is C18H27F2N. The molecule has 1 nitrogen and oxygen atoms in total. The van der Waals surface area contributed by atoms with E-state index < -0.39 is 0 Å². The van der Waals surface area contributed by atoms with Crippen LogP contribution in [0.3, 0.4) is 0 Å². The molecule has 1 aliphatic rings. The Morgan fingerprint density at radius 1 is 1.29 bits per heavy atom. The molecule has 1 aromatic rings. The minimum Gasteiger partial charge on any atom is -0.317 e. The molecule has 3 heteroatoms. The Hall–Kier alpha value is -0.960. The molecule has 2 unspecified atom stereocenters. The number of halogens is 2. The van der Waals surface area contributed by atoms with E-state index in [1.807, 2.05) is 0 Å². The van der Waals surface area contributed by atoms with Gasteiger partial charge in [0.1, 0.15) is 11.6 Å². The van der Waals surface area contributed by atoms with E-state index in [4.69, 9.17) is 0 Å². The normalized spacial score (nSPS) is 25.0. The highest BCUT2D eigenvalue weighted by Crippen LogP contribution is 2.47. The van der Waals surface area contributed by atoms with Crippen molar-refractivity contribution in [2.45, 2.75) is 52.9 Å². The highest BCUT2D eigenvalue weighted by molar-refractivity contribution is 5.31. The second-order valence-corrected chi connectivity index (χ2v) is 7.17. The summed E-state index contributed by atoms with van der Waals surface area (Å²) >= 11 is 0. The molecule has 0 amide bonds. The van der Waals surface area contributed by atoms with Crippen LogP contribution in [-0.2, 0) is 0 Å². The van der Waals surface area contributed by atoms with E-state index in [9.17, 15) is 8.78 Å². The van der Waals surface area contributed by atoms with Gasteiger partial charge in [-0.25, -0.2) is 8.78 Å². The summed E-state index contributed by atoms with van der Waals surface area (Å²) in [5.41, 5.74) is 0.999. The van der Waals surface area contributed by atoms with E-state index in [1.54, 1.807) is 6.92 Å². The van der Waals surface area contributed by atoms with Gasteiger partial charge in [-0.2, -0.15) is 0 Å². The zero-order valence-electron chi connectivity index (χ0n) is 13.6. The van der Waals surface area contributed by atoms with Crippen molar-refractivity contribution in [2.75, 3.05) is 13.1 Å². The third kappa shape index (κ3) is 3.63. The maximum atomic E-state index is 14.5. The molecule has 0 bridgehead atoms. The predicted molar refractivity (Wildman–Crippen MR) is 83.5 cm³/mol. The van der Waals surface area contributed by atoms with Gasteiger partial charge in [0, 0.05) is 5.56 Å². The van der Waals surface area contributed by atoms with Gasteiger partial charge in [0.15, 0.2) is 0 Å². The number of aryl methyl sites for hydroxylation is 1. The molecule has 0 radical (unpaired) electrons. The van der Waals surface area contributed by atoms with Crippen molar-refractivity contribution >= 4 is 0 Å². The average molecular weight is 295 g/mol. The zero-order valence-corrected chi connectivity index (χ0v) is 13.6. The fourth-order valence-electron chi connectivity index (χ4n) is 3.57. The lowest BCUT2D eigenvalue weighted by Crippen LogP contribution is -2.35. The van der Waals surface area contributed by atoms with Crippen molar-refractivity contribution in [1.82, 2.24) is 5.32 Å². The molecule has 118 valence electrons. The lowest BCUT2D eigenvalue weighted by Gasteiger charge is -2.41. The van der Waals surface area contributed by atoms with Gasteiger partial charge in [-0.1, -0.05) is 26.8 Å². The molecule has 1 N–H and O–H groups in total. The molecule has 1 aliphatic carbocycles. The van der Waals surface area contributed by atoms with E-state index in [-0.39, 0.29) is 23.0 Å². The summed E-state index contributed by atoms with van der Waals surface area (Å²) in [5, 5.41) is 3.35. The van der Waals surface area contributed by atoms with Crippen LogP contribution in [0.25, 0.3) is 0 Å². The summed E-state index contributed by atoms with van der Waals surface area (Å²) in [6, 6.07) is 2.95. The van der Waals surface area contributed by atoms with Gasteiger partial charge in [-0.3, -0.25) is 0 Å². The van der Waals surface area contributed by atoms with Gasteiger partial charge in [0.05, 0.1) is 0 Å². The minimum atomic E-state index is -0.387. The Labute approximate surface area is 127 Å². The van der Waals surface area contributed by atoms with Crippen LogP contribution in [0.5, 0.6) is 0 Å². The fourth-order valence-corrected chi connectivity index (χ4v) is 3.57. The average Bonchev–Trinajstić information content (AvgIpc) is 2.42. The van der Waals surface area contributed by atoms with Gasteiger partial charge in [-0.05, 0) is 68.2 Å². The number of rotatable bonds is 4. The second kappa shape index (κ2) is 6.43. The molecule has 1 saturated carbocycles. The first-order valence-corrected chi connectivity index (χ1v) is 8.01. The Kier molecular flexibility index (Phi) is 5.03. The van der Waals surface area contributed by atoms with Gasteiger partial charge in [-0.15, -0.1) is 0 Å². The van der Waals surface area contributed by atoms with Crippen LogP contribution in [-0.4, -0.2) is 13.1 Å². The molecule has 1 fully saturated rings. The Bertz CT molecular complexity index is 496. The van der Waals surface area contributed by atoms with Gasteiger partial charge >= 0.3 is 0 Å². The highest BCUT2D eigenvalue weighted by atomic mass is 19.1. The summed E-state index contributed by atoms with van der Waals surface area (Å²) in [6.45, 7) is 9.92. The Morgan fingerprint density at radius 2 is 2.00 bits per heavy atom. The third-order valence-electron chi connectivity index (χ3n) is 4.88. The molecule has 0 saturated heterocycles. The van der Waals surface area contributed by atoms with Crippen LogP contribution in [0.2, 0.25) is 0 Å². The van der Waals surface area contributed by atoms with Crippen LogP contribution in [0.4, 0.5) is 8.78 Å². The van der Waals surface area contributed by atoms with Gasteiger partial charge < -0.3 is 5.32 Å². The third-order valence-corrected chi connectivity index (χ3v) is 4.88. The van der Waals surface area contributed by atoms with Crippen molar-refractivity contribution in [3.05, 3.63) is 34.9 Å². The SMILES string of the molecule is CCNCC1CCC(C)(C)CC1c1c(F)ccc(C)c1F. The Morgan fingerprint density at radius 3 is 2.67 bits per heavy atom. The summed E-state index contributed by atoms with van der Waals surface area (Å²) in [7, 11) is 0. The van der Waals surface area contributed by atoms with Gasteiger partial charge in [0.2, 0.25) is 0 Å². The van der Waals surface area contributed by atoms with Crippen LogP contribution in [0.1, 0.15) is 57.1 Å². The lowest BCUT2D eigenvalue weighted by atomic mass is 9.65. The van der Waals surface area contributed by atoms with Crippen LogP contribution < -0.4 is 5.32 Å². The van der Waals surface area contributed by atoms with Crippen molar-refractivity contribution in [3.63, 3.8) is 0 Å². The predicted octanol–water partition coefficient (Wildman–Crippen LogP) is 4.79. The topological polar surface area (TPSA) is 12.0 Å². The summed E-state index contributed by atoms with van der Waals surface area (Å²) in [4.78, 5) is 0. The molecule has 2 rings (SSSR count). The van der Waals surface area contributed by atoms with E-state index in [0.29, 0.717) is 17.0 Å². The van der Waals surface area contributed by atoms with Gasteiger partial charge in [0.25, 0.3) is 0 Å². The zero-order chi connectivity index (χ0) is 15.6. The monoisotopic (exact) mass is 295 g/mol. The first-order valence-electron chi connectivity index (χ1n) is 8.01. The molecule has 1 aromatic carbocycles. The quantitative estimate of drug-likeness (QED) is 0.842. The second-order valence-electron chi connectivity index (χ2n) is 7.17. The van der Waals surface area contributed by atoms with Crippen molar-refractivity contribution in [2.24, 2.45) is 11.3 Å². The molecule has 0 heterocycles. The van der Waals surface area contributed by atoms with Crippen molar-refractivity contribution < 1.29 is 8.78 Å². The number of hydrogen-bond donors (Lipinski definition) is 1. The largest absolute Gasteiger partial charge is 0.317 e. The van der Waals surface area contributed by atoms with Crippen LogP contribution in [0.15, 0.2) is 12.1 Å². The molecule has 0 spiro atoms. The first kappa shape index (κ1) is 16.4. The Balaban J connectivity index is 2.37.